The molecule has 13 aromatic rings. The topological polar surface area (TPSA) is 13.1 Å². The number of hydrogen-bond donors (Lipinski definition) is 0. The molecule has 0 atom stereocenters. The molecule has 0 fully saturated rings. The molecule has 0 aliphatic carbocycles. The lowest BCUT2D eigenvalue weighted by Crippen LogP contribution is -1.92. The van der Waals surface area contributed by atoms with Crippen LogP contribution in [0, 0.1) is 0 Å². The molecule has 302 valence electrons. The van der Waals surface area contributed by atoms with Crippen molar-refractivity contribution in [2.45, 2.75) is 0 Å². The van der Waals surface area contributed by atoms with Crippen molar-refractivity contribution in [2.75, 3.05) is 0 Å². The monoisotopic (exact) mass is 824 g/mol. The fourth-order valence-corrected chi connectivity index (χ4v) is 10.7. The van der Waals surface area contributed by atoms with Gasteiger partial charge in [0.25, 0.3) is 0 Å². The lowest BCUT2D eigenvalue weighted by atomic mass is 9.84. The number of hydrogen-bond acceptors (Lipinski definition) is 1. The maximum absolute atomic E-state index is 7.15. The smallest absolute Gasteiger partial charge is 0.143 e. The van der Waals surface area contributed by atoms with E-state index in [0.717, 1.165) is 27.5 Å². The van der Waals surface area contributed by atoms with Crippen LogP contribution in [0.1, 0.15) is 0 Å². The number of furan rings is 1. The van der Waals surface area contributed by atoms with E-state index < -0.39 is 0 Å². The molecule has 0 aliphatic heterocycles. The Morgan fingerprint density at radius 1 is 0.215 bits per heavy atom. The average molecular weight is 825 g/mol. The van der Waals surface area contributed by atoms with Gasteiger partial charge in [0.15, 0.2) is 0 Å². The van der Waals surface area contributed by atoms with Crippen LogP contribution in [0.4, 0.5) is 0 Å². The van der Waals surface area contributed by atoms with Crippen LogP contribution in [0.25, 0.3) is 132 Å². The second-order valence-electron chi connectivity index (χ2n) is 17.0. The summed E-state index contributed by atoms with van der Waals surface area (Å²) in [6.07, 6.45) is 0. The maximum Gasteiger partial charge on any atom is 0.143 e. The Hall–Kier alpha value is -8.52. The van der Waals surface area contributed by atoms with Crippen molar-refractivity contribution in [1.29, 1.82) is 0 Å². The van der Waals surface area contributed by atoms with Crippen molar-refractivity contribution in [3.05, 3.63) is 243 Å². The number of para-hydroxylation sites is 1. The predicted octanol–water partition coefficient (Wildman–Crippen LogP) is 18.2. The Morgan fingerprint density at radius 2 is 0.538 bits per heavy atom. The third-order valence-electron chi connectivity index (χ3n) is 13.4. The normalized spacial score (nSPS) is 11.7. The van der Waals surface area contributed by atoms with Gasteiger partial charge in [0, 0.05) is 21.9 Å². The van der Waals surface area contributed by atoms with Gasteiger partial charge in [0.05, 0.1) is 0 Å². The Bertz CT molecular complexity index is 3870. The van der Waals surface area contributed by atoms with Gasteiger partial charge >= 0.3 is 0 Å². The highest BCUT2D eigenvalue weighted by molar-refractivity contribution is 6.28. The molecule has 0 spiro atoms. The van der Waals surface area contributed by atoms with Crippen LogP contribution in [0.2, 0.25) is 0 Å². The average Bonchev–Trinajstić information content (AvgIpc) is 3.77. The van der Waals surface area contributed by atoms with Crippen LogP contribution < -0.4 is 0 Å². The van der Waals surface area contributed by atoms with Crippen molar-refractivity contribution in [3.63, 3.8) is 0 Å². The van der Waals surface area contributed by atoms with Gasteiger partial charge in [-0.05, 0) is 117 Å². The molecule has 1 aromatic heterocycles. The van der Waals surface area contributed by atoms with E-state index in [1.807, 2.05) is 0 Å². The molecule has 1 nitrogen and oxygen atoms in total. The summed E-state index contributed by atoms with van der Waals surface area (Å²) in [5, 5.41) is 11.9. The maximum atomic E-state index is 7.15. The van der Waals surface area contributed by atoms with E-state index in [4.69, 9.17) is 4.42 Å². The fraction of sp³-hybridized carbons (Fsp3) is 0. The Kier molecular flexibility index (Phi) is 8.60. The van der Waals surface area contributed by atoms with Crippen LogP contribution in [0.3, 0.4) is 0 Å². The molecule has 1 heteroatoms. The Morgan fingerprint density at radius 3 is 1.00 bits per heavy atom. The van der Waals surface area contributed by atoms with E-state index in [0.29, 0.717) is 0 Å². The second-order valence-corrected chi connectivity index (χ2v) is 17.0. The van der Waals surface area contributed by atoms with E-state index in [2.05, 4.69) is 243 Å². The largest absolute Gasteiger partial charge is 0.455 e. The molecular formula is C64H40O. The number of rotatable bonds is 6. The lowest BCUT2D eigenvalue weighted by molar-refractivity contribution is 0.670. The predicted molar refractivity (Wildman–Crippen MR) is 276 cm³/mol. The first-order valence-corrected chi connectivity index (χ1v) is 22.4. The summed E-state index contributed by atoms with van der Waals surface area (Å²) >= 11 is 0. The fourth-order valence-electron chi connectivity index (χ4n) is 10.7. The molecule has 0 amide bonds. The van der Waals surface area contributed by atoms with Crippen molar-refractivity contribution in [2.24, 2.45) is 0 Å². The summed E-state index contributed by atoms with van der Waals surface area (Å²) in [5.41, 5.74) is 16.2. The molecule has 0 unspecified atom stereocenters. The highest BCUT2D eigenvalue weighted by atomic mass is 16.3. The molecule has 12 aromatic carbocycles. The first-order valence-electron chi connectivity index (χ1n) is 22.4. The minimum absolute atomic E-state index is 0.876. The zero-order valence-corrected chi connectivity index (χ0v) is 35.5. The SMILES string of the molecule is c1ccc(-c2cccc(-c3c4ccccc4c(-c4cccc5c4oc4cccc(-c6c7ccccc7c(-c7cccc(-c8ccccc8)c7)c7ccccc67)c45)c4ccccc34)c2)cc1. The molecule has 0 saturated heterocycles. The zero-order valence-electron chi connectivity index (χ0n) is 35.5. The van der Waals surface area contributed by atoms with E-state index in [9.17, 15) is 0 Å². The van der Waals surface area contributed by atoms with Gasteiger partial charge in [-0.1, -0.05) is 224 Å². The second kappa shape index (κ2) is 15.1. The summed E-state index contributed by atoms with van der Waals surface area (Å²) < 4.78 is 7.15. The summed E-state index contributed by atoms with van der Waals surface area (Å²) in [6, 6.07) is 88.3. The molecule has 1 heterocycles. The quantitative estimate of drug-likeness (QED) is 0.152. The van der Waals surface area contributed by atoms with Gasteiger partial charge in [0.1, 0.15) is 11.2 Å². The zero-order chi connectivity index (χ0) is 42.8. The van der Waals surface area contributed by atoms with Gasteiger partial charge in [0.2, 0.25) is 0 Å². The van der Waals surface area contributed by atoms with E-state index in [-0.39, 0.29) is 0 Å². The van der Waals surface area contributed by atoms with E-state index in [1.54, 1.807) is 0 Å². The van der Waals surface area contributed by atoms with Crippen molar-refractivity contribution >= 4 is 65.0 Å². The molecule has 0 saturated carbocycles. The highest BCUT2D eigenvalue weighted by Crippen LogP contribution is 2.50. The minimum Gasteiger partial charge on any atom is -0.455 e. The minimum atomic E-state index is 0.876. The standard InChI is InChI=1S/C64H40O/c1-3-19-41(20-4-1)43-23-15-25-45(39-43)59-47-27-7-11-31-51(47)61(52-32-12-8-28-48(52)59)55-35-18-38-58-63(55)57-37-17-36-56(64(57)65-58)62-53-33-13-9-29-49(53)60(50-30-10-14-34-54(50)62)46-26-16-24-44(40-46)42-21-5-2-6-22-42/h1-40H. The molecule has 65 heavy (non-hydrogen) atoms. The van der Waals surface area contributed by atoms with Crippen LogP contribution >= 0.6 is 0 Å². The van der Waals surface area contributed by atoms with Crippen molar-refractivity contribution < 1.29 is 4.42 Å². The Balaban J connectivity index is 1.05. The molecule has 0 radical (unpaired) electrons. The molecular weight excluding hydrogens is 785 g/mol. The van der Waals surface area contributed by atoms with Crippen LogP contribution in [0.5, 0.6) is 0 Å². The van der Waals surface area contributed by atoms with Gasteiger partial charge in [-0.2, -0.15) is 0 Å². The first-order chi connectivity index (χ1) is 32.3. The summed E-state index contributed by atoms with van der Waals surface area (Å²) in [5.74, 6) is 0. The van der Waals surface area contributed by atoms with Crippen molar-refractivity contribution in [1.82, 2.24) is 0 Å². The van der Waals surface area contributed by atoms with Crippen LogP contribution in [-0.4, -0.2) is 0 Å². The third-order valence-corrected chi connectivity index (χ3v) is 13.4. The van der Waals surface area contributed by atoms with Crippen LogP contribution in [-0.2, 0) is 0 Å². The first kappa shape index (κ1) is 37.1. The summed E-state index contributed by atoms with van der Waals surface area (Å²) in [6.45, 7) is 0. The van der Waals surface area contributed by atoms with Crippen molar-refractivity contribution in [3.8, 4) is 66.8 Å². The van der Waals surface area contributed by atoms with Gasteiger partial charge in [-0.15, -0.1) is 0 Å². The summed E-state index contributed by atoms with van der Waals surface area (Å²) in [7, 11) is 0. The number of fused-ring (bicyclic) bond motifs is 7. The molecule has 0 N–H and O–H groups in total. The van der Waals surface area contributed by atoms with Gasteiger partial charge in [-0.25, -0.2) is 0 Å². The van der Waals surface area contributed by atoms with E-state index in [1.165, 1.54) is 104 Å². The Labute approximate surface area is 377 Å². The third kappa shape index (κ3) is 5.94. The van der Waals surface area contributed by atoms with Crippen LogP contribution in [0.15, 0.2) is 247 Å². The molecule has 0 bridgehead atoms. The van der Waals surface area contributed by atoms with Gasteiger partial charge in [-0.3, -0.25) is 0 Å². The van der Waals surface area contributed by atoms with E-state index >= 15 is 0 Å². The summed E-state index contributed by atoms with van der Waals surface area (Å²) in [4.78, 5) is 0. The highest BCUT2D eigenvalue weighted by Gasteiger charge is 2.24. The lowest BCUT2D eigenvalue weighted by Gasteiger charge is -2.19. The molecule has 0 aliphatic rings. The number of benzene rings is 12. The van der Waals surface area contributed by atoms with Gasteiger partial charge < -0.3 is 4.42 Å². The molecule has 13 rings (SSSR count).